The molecule has 2 aliphatic heterocycles. The minimum absolute atomic E-state index is 0.0864. The largest absolute Gasteiger partial charge is 0.340 e. The van der Waals surface area contributed by atoms with Crippen LogP contribution in [0, 0.1) is 5.41 Å². The van der Waals surface area contributed by atoms with Crippen LogP contribution in [-0.2, 0) is 25.4 Å². The summed E-state index contributed by atoms with van der Waals surface area (Å²) in [6.07, 6.45) is 9.67. The normalized spacial score (nSPS) is 23.3. The van der Waals surface area contributed by atoms with E-state index in [1.54, 1.807) is 47.6 Å². The molecule has 0 radical (unpaired) electrons. The lowest BCUT2D eigenvalue weighted by atomic mass is 9.75. The number of carbonyl (C=O) groups is 2. The minimum Gasteiger partial charge on any atom is -0.340 e. The Morgan fingerprint density at radius 3 is 2.84 bits per heavy atom. The van der Waals surface area contributed by atoms with Crippen molar-refractivity contribution in [2.45, 2.75) is 18.9 Å². The zero-order chi connectivity index (χ0) is 21.6. The lowest BCUT2D eigenvalue weighted by molar-refractivity contribution is -0.136. The van der Waals surface area contributed by atoms with Crippen LogP contribution in [0.1, 0.15) is 34.1 Å². The Hall–Kier alpha value is -3.49. The zero-order valence-corrected chi connectivity index (χ0v) is 17.7. The molecule has 5 rings (SSSR count). The summed E-state index contributed by atoms with van der Waals surface area (Å²) in [5.41, 5.74) is 1.59. The van der Waals surface area contributed by atoms with Crippen LogP contribution < -0.4 is 0 Å². The van der Waals surface area contributed by atoms with Gasteiger partial charge in [-0.15, -0.1) is 0 Å². The fraction of sp³-hybridized carbons (Fsp3) is 0.409. The molecule has 2 aliphatic rings. The van der Waals surface area contributed by atoms with Gasteiger partial charge in [-0.1, -0.05) is 6.07 Å². The van der Waals surface area contributed by atoms with Gasteiger partial charge in [0.2, 0.25) is 5.91 Å². The van der Waals surface area contributed by atoms with E-state index in [0.29, 0.717) is 38.3 Å². The third-order valence-electron chi connectivity index (χ3n) is 6.48. The van der Waals surface area contributed by atoms with Crippen molar-refractivity contribution in [2.24, 2.45) is 19.5 Å². The molecule has 3 aromatic rings. The number of hydrogen-bond acceptors (Lipinski definition) is 5. The fourth-order valence-electron chi connectivity index (χ4n) is 4.94. The molecule has 160 valence electrons. The predicted octanol–water partition coefficient (Wildman–Crippen LogP) is 1.21. The Bertz CT molecular complexity index is 1120. The number of hydrogen-bond donors (Lipinski definition) is 0. The first-order chi connectivity index (χ1) is 15.0. The molecule has 0 bridgehead atoms. The first-order valence-corrected chi connectivity index (χ1v) is 10.4. The summed E-state index contributed by atoms with van der Waals surface area (Å²) in [6.45, 7) is 2.02. The molecule has 31 heavy (non-hydrogen) atoms. The maximum absolute atomic E-state index is 13.7. The molecule has 2 amide bonds. The molecule has 3 aromatic heterocycles. The Balaban J connectivity index is 1.45. The smallest absolute Gasteiger partial charge is 0.274 e. The van der Waals surface area contributed by atoms with E-state index in [-0.39, 0.29) is 17.7 Å². The van der Waals surface area contributed by atoms with Crippen molar-refractivity contribution in [3.8, 4) is 0 Å². The summed E-state index contributed by atoms with van der Waals surface area (Å²) in [4.78, 5) is 39.3. The zero-order valence-electron chi connectivity index (χ0n) is 17.7. The van der Waals surface area contributed by atoms with Crippen LogP contribution in [0.2, 0.25) is 0 Å². The molecule has 2 saturated heterocycles. The van der Waals surface area contributed by atoms with Crippen LogP contribution in [0.3, 0.4) is 0 Å². The highest BCUT2D eigenvalue weighted by molar-refractivity contribution is 5.94. The van der Waals surface area contributed by atoms with Gasteiger partial charge in [0.15, 0.2) is 0 Å². The van der Waals surface area contributed by atoms with E-state index in [1.807, 2.05) is 34.8 Å². The molecular weight excluding hydrogens is 394 g/mol. The lowest BCUT2D eigenvalue weighted by Crippen LogP contribution is -2.40. The minimum atomic E-state index is -0.666. The summed E-state index contributed by atoms with van der Waals surface area (Å²) in [5.74, 6) is -0.201. The molecule has 0 aliphatic carbocycles. The third kappa shape index (κ3) is 3.30. The molecular formula is C22H25N7O2. The Labute approximate surface area is 180 Å². The third-order valence-corrected chi connectivity index (χ3v) is 6.48. The number of pyridine rings is 1. The highest BCUT2D eigenvalue weighted by Gasteiger charge is 2.58. The van der Waals surface area contributed by atoms with E-state index in [4.69, 9.17) is 0 Å². The number of nitrogens with zero attached hydrogens (tertiary/aromatic N) is 7. The van der Waals surface area contributed by atoms with Crippen LogP contribution >= 0.6 is 0 Å². The molecule has 1 spiro atoms. The molecule has 0 aromatic carbocycles. The summed E-state index contributed by atoms with van der Waals surface area (Å²) >= 11 is 0. The molecule has 0 saturated carbocycles. The van der Waals surface area contributed by atoms with E-state index in [1.165, 1.54) is 0 Å². The van der Waals surface area contributed by atoms with Gasteiger partial charge in [0.25, 0.3) is 5.91 Å². The Kier molecular flexibility index (Phi) is 4.60. The van der Waals surface area contributed by atoms with Crippen molar-refractivity contribution in [3.05, 3.63) is 66.3 Å². The number of carbonyl (C=O) groups excluding carboxylic acids is 2. The van der Waals surface area contributed by atoms with Gasteiger partial charge in [-0.25, -0.2) is 4.98 Å². The SMILES string of the molecule is Cn1cnc([C@H]2CN(C(=O)c3ccn(C)n3)C[C@]23CCN(Cc2cccnc2)C3=O)c1. The van der Waals surface area contributed by atoms with Crippen molar-refractivity contribution in [1.82, 2.24) is 34.1 Å². The molecule has 2 atom stereocenters. The standard InChI is InChI=1S/C22H25N7O2/c1-26-13-19(24-15-26)17-12-29(20(30)18-5-8-27(2)25-18)14-22(17)6-9-28(21(22)31)11-16-4-3-7-23-10-16/h3-5,7-8,10,13,15,17H,6,9,11-12,14H2,1-2H3/t17-,22-/m1/s1. The molecule has 2 fully saturated rings. The van der Waals surface area contributed by atoms with Crippen molar-refractivity contribution >= 4 is 11.8 Å². The number of likely N-dealkylation sites (tertiary alicyclic amines) is 2. The fourth-order valence-corrected chi connectivity index (χ4v) is 4.94. The van der Waals surface area contributed by atoms with Crippen LogP contribution in [0.5, 0.6) is 0 Å². The topological polar surface area (TPSA) is 89.2 Å². The van der Waals surface area contributed by atoms with E-state index >= 15 is 0 Å². The Morgan fingerprint density at radius 2 is 2.16 bits per heavy atom. The summed E-state index contributed by atoms with van der Waals surface area (Å²) in [6, 6.07) is 5.58. The first kappa shape index (κ1) is 19.5. The molecule has 9 nitrogen and oxygen atoms in total. The second-order valence-electron chi connectivity index (χ2n) is 8.57. The number of imidazole rings is 1. The van der Waals surface area contributed by atoms with Crippen LogP contribution in [0.4, 0.5) is 0 Å². The van der Waals surface area contributed by atoms with Crippen molar-refractivity contribution in [3.63, 3.8) is 0 Å². The van der Waals surface area contributed by atoms with Gasteiger partial charge in [-0.2, -0.15) is 5.10 Å². The summed E-state index contributed by atoms with van der Waals surface area (Å²) < 4.78 is 3.50. The maximum atomic E-state index is 13.7. The van der Waals surface area contributed by atoms with Crippen LogP contribution in [0.15, 0.2) is 49.3 Å². The van der Waals surface area contributed by atoms with Gasteiger partial charge in [0.1, 0.15) is 5.69 Å². The van der Waals surface area contributed by atoms with Gasteiger partial charge in [0.05, 0.1) is 17.4 Å². The van der Waals surface area contributed by atoms with Gasteiger partial charge >= 0.3 is 0 Å². The quantitative estimate of drug-likeness (QED) is 0.634. The number of rotatable bonds is 4. The highest BCUT2D eigenvalue weighted by Crippen LogP contribution is 2.50. The molecule has 0 unspecified atom stereocenters. The second-order valence-corrected chi connectivity index (χ2v) is 8.57. The maximum Gasteiger partial charge on any atom is 0.274 e. The number of amides is 2. The molecule has 9 heteroatoms. The van der Waals surface area contributed by atoms with Crippen LogP contribution in [0.25, 0.3) is 0 Å². The van der Waals surface area contributed by atoms with E-state index < -0.39 is 5.41 Å². The molecule has 5 heterocycles. The number of aryl methyl sites for hydroxylation is 2. The van der Waals surface area contributed by atoms with Gasteiger partial charge in [-0.05, 0) is 24.1 Å². The monoisotopic (exact) mass is 419 g/mol. The first-order valence-electron chi connectivity index (χ1n) is 10.4. The summed E-state index contributed by atoms with van der Waals surface area (Å²) in [5, 5.41) is 4.27. The molecule has 0 N–H and O–H groups in total. The Morgan fingerprint density at radius 1 is 1.29 bits per heavy atom. The summed E-state index contributed by atoms with van der Waals surface area (Å²) in [7, 11) is 3.70. The van der Waals surface area contributed by atoms with E-state index in [2.05, 4.69) is 15.1 Å². The van der Waals surface area contributed by atoms with Gasteiger partial charge in [-0.3, -0.25) is 19.3 Å². The predicted molar refractivity (Wildman–Crippen MR) is 112 cm³/mol. The van der Waals surface area contributed by atoms with Gasteiger partial charge < -0.3 is 14.4 Å². The van der Waals surface area contributed by atoms with Gasteiger partial charge in [0, 0.05) is 71.0 Å². The van der Waals surface area contributed by atoms with Crippen molar-refractivity contribution in [2.75, 3.05) is 19.6 Å². The van der Waals surface area contributed by atoms with Crippen molar-refractivity contribution in [1.29, 1.82) is 0 Å². The average molecular weight is 419 g/mol. The van der Waals surface area contributed by atoms with E-state index in [0.717, 1.165) is 11.3 Å². The van der Waals surface area contributed by atoms with E-state index in [9.17, 15) is 9.59 Å². The van der Waals surface area contributed by atoms with Crippen LogP contribution in [-0.4, -0.2) is 65.6 Å². The second kappa shape index (κ2) is 7.33. The average Bonchev–Trinajstić information content (AvgIpc) is 3.54. The lowest BCUT2D eigenvalue weighted by Gasteiger charge is -2.27. The number of aromatic nitrogens is 5. The highest BCUT2D eigenvalue weighted by atomic mass is 16.2. The van der Waals surface area contributed by atoms with Crippen molar-refractivity contribution < 1.29 is 9.59 Å².